The van der Waals surface area contributed by atoms with Crippen LogP contribution in [0.1, 0.15) is 23.6 Å². The van der Waals surface area contributed by atoms with Crippen LogP contribution >= 0.6 is 0 Å². The molecule has 0 spiro atoms. The molecule has 16 heavy (non-hydrogen) atoms. The van der Waals surface area contributed by atoms with Gasteiger partial charge in [0, 0.05) is 12.5 Å². The first-order valence-corrected chi connectivity index (χ1v) is 5.04. The maximum absolute atomic E-state index is 12.2. The van der Waals surface area contributed by atoms with Crippen LogP contribution in [0.3, 0.4) is 0 Å². The third-order valence-electron chi connectivity index (χ3n) is 2.59. The third-order valence-corrected chi connectivity index (χ3v) is 2.59. The van der Waals surface area contributed by atoms with E-state index in [2.05, 4.69) is 0 Å². The Kier molecular flexibility index (Phi) is 2.80. The monoisotopic (exact) mass is 231 g/mol. The minimum atomic E-state index is -4.23. The molecule has 88 valence electrons. The summed E-state index contributed by atoms with van der Waals surface area (Å²) in [5, 5.41) is 0. The third kappa shape index (κ3) is 2.47. The zero-order valence-corrected chi connectivity index (χ0v) is 8.55. The van der Waals surface area contributed by atoms with Gasteiger partial charge in [-0.05, 0) is 17.2 Å². The molecule has 0 aliphatic carbocycles. The van der Waals surface area contributed by atoms with Crippen LogP contribution in [-0.2, 0) is 6.42 Å². The van der Waals surface area contributed by atoms with Gasteiger partial charge in [-0.1, -0.05) is 12.1 Å². The molecule has 2 rings (SSSR count). The summed E-state index contributed by atoms with van der Waals surface area (Å²) in [6.07, 6.45) is -4.48. The summed E-state index contributed by atoms with van der Waals surface area (Å²) in [6.45, 7) is 0.591. The molecule has 1 atom stereocenters. The molecule has 1 aliphatic heterocycles. The summed E-state index contributed by atoms with van der Waals surface area (Å²) >= 11 is 0. The number of rotatable bonds is 2. The topological polar surface area (TPSA) is 35.2 Å². The second-order valence-corrected chi connectivity index (χ2v) is 3.89. The van der Waals surface area contributed by atoms with Crippen LogP contribution in [0.15, 0.2) is 18.2 Å². The fourth-order valence-electron chi connectivity index (χ4n) is 1.80. The quantitative estimate of drug-likeness (QED) is 0.849. The maximum Gasteiger partial charge on any atom is 0.390 e. The highest BCUT2D eigenvalue weighted by Crippen LogP contribution is 2.32. The summed E-state index contributed by atoms with van der Waals surface area (Å²) in [4.78, 5) is 0. The van der Waals surface area contributed by atoms with E-state index in [1.54, 1.807) is 18.2 Å². The van der Waals surface area contributed by atoms with Crippen LogP contribution in [0.5, 0.6) is 5.75 Å². The summed E-state index contributed by atoms with van der Waals surface area (Å²) < 4.78 is 41.8. The molecule has 0 amide bonds. The zero-order chi connectivity index (χ0) is 11.8. The fraction of sp³-hybridized carbons (Fsp3) is 0.455. The first-order valence-electron chi connectivity index (χ1n) is 5.04. The lowest BCUT2D eigenvalue weighted by Gasteiger charge is -2.15. The molecule has 1 aromatic carbocycles. The van der Waals surface area contributed by atoms with Gasteiger partial charge in [-0.15, -0.1) is 0 Å². The van der Waals surface area contributed by atoms with Crippen LogP contribution in [0, 0.1) is 0 Å². The molecule has 5 heteroatoms. The average molecular weight is 231 g/mol. The molecule has 0 saturated heterocycles. The number of alkyl halides is 3. The molecule has 0 aromatic heterocycles. The van der Waals surface area contributed by atoms with Crippen LogP contribution in [0.25, 0.3) is 0 Å². The Morgan fingerprint density at radius 3 is 2.81 bits per heavy atom. The number of fused-ring (bicyclic) bond motifs is 1. The lowest BCUT2D eigenvalue weighted by Crippen LogP contribution is -2.20. The van der Waals surface area contributed by atoms with Crippen molar-refractivity contribution in [2.24, 2.45) is 5.73 Å². The number of hydrogen-bond donors (Lipinski definition) is 1. The number of hydrogen-bond acceptors (Lipinski definition) is 2. The van der Waals surface area contributed by atoms with Gasteiger partial charge >= 0.3 is 6.18 Å². The normalized spacial score (nSPS) is 16.8. The van der Waals surface area contributed by atoms with Crippen molar-refractivity contribution in [2.45, 2.75) is 25.1 Å². The zero-order valence-electron chi connectivity index (χ0n) is 8.55. The second-order valence-electron chi connectivity index (χ2n) is 3.89. The Bertz CT molecular complexity index is 389. The van der Waals surface area contributed by atoms with Crippen LogP contribution in [0.2, 0.25) is 0 Å². The highest BCUT2D eigenvalue weighted by Gasteiger charge is 2.31. The number of nitrogens with two attached hydrogens (primary N) is 1. The second kappa shape index (κ2) is 3.97. The van der Waals surface area contributed by atoms with Crippen molar-refractivity contribution in [3.8, 4) is 5.75 Å². The Hall–Kier alpha value is -1.23. The summed E-state index contributed by atoms with van der Waals surface area (Å²) in [7, 11) is 0. The molecule has 0 bridgehead atoms. The van der Waals surface area contributed by atoms with E-state index in [4.69, 9.17) is 10.5 Å². The van der Waals surface area contributed by atoms with Crippen molar-refractivity contribution in [2.75, 3.05) is 6.61 Å². The standard InChI is InChI=1S/C11H12F3NO/c12-11(13,14)6-9(15)7-1-2-10-8(5-7)3-4-16-10/h1-2,5,9H,3-4,6,15H2/t9-/m0/s1. The van der Waals surface area contributed by atoms with E-state index < -0.39 is 18.6 Å². The Morgan fingerprint density at radius 2 is 2.12 bits per heavy atom. The summed E-state index contributed by atoms with van der Waals surface area (Å²) in [6, 6.07) is 4.00. The van der Waals surface area contributed by atoms with Gasteiger partial charge in [0.25, 0.3) is 0 Å². The largest absolute Gasteiger partial charge is 0.493 e. The molecule has 0 radical (unpaired) electrons. The molecular formula is C11H12F3NO. The predicted molar refractivity (Wildman–Crippen MR) is 53.2 cm³/mol. The van der Waals surface area contributed by atoms with Gasteiger partial charge in [0.15, 0.2) is 0 Å². The van der Waals surface area contributed by atoms with E-state index in [1.165, 1.54) is 0 Å². The van der Waals surface area contributed by atoms with Gasteiger partial charge in [0.2, 0.25) is 0 Å². The lowest BCUT2D eigenvalue weighted by molar-refractivity contribution is -0.138. The summed E-state index contributed by atoms with van der Waals surface area (Å²) in [5.74, 6) is 0.753. The predicted octanol–water partition coefficient (Wildman–Crippen LogP) is 2.57. The molecule has 1 aliphatic rings. The van der Waals surface area contributed by atoms with E-state index >= 15 is 0 Å². The first-order chi connectivity index (χ1) is 7.46. The highest BCUT2D eigenvalue weighted by molar-refractivity contribution is 5.40. The summed E-state index contributed by atoms with van der Waals surface area (Å²) in [5.41, 5.74) is 6.97. The highest BCUT2D eigenvalue weighted by atomic mass is 19.4. The number of halogens is 3. The smallest absolute Gasteiger partial charge is 0.390 e. The van der Waals surface area contributed by atoms with E-state index in [0.29, 0.717) is 12.2 Å². The van der Waals surface area contributed by atoms with Crippen molar-refractivity contribution in [1.29, 1.82) is 0 Å². The van der Waals surface area contributed by atoms with E-state index in [0.717, 1.165) is 17.7 Å². The Morgan fingerprint density at radius 1 is 1.38 bits per heavy atom. The minimum Gasteiger partial charge on any atom is -0.493 e. The van der Waals surface area contributed by atoms with Gasteiger partial charge in [-0.25, -0.2) is 0 Å². The number of benzene rings is 1. The van der Waals surface area contributed by atoms with Gasteiger partial charge in [0.05, 0.1) is 13.0 Å². The molecule has 2 N–H and O–H groups in total. The van der Waals surface area contributed by atoms with Gasteiger partial charge < -0.3 is 10.5 Å². The SMILES string of the molecule is N[C@@H](CC(F)(F)F)c1ccc2c(c1)CCO2. The first kappa shape index (κ1) is 11.3. The van der Waals surface area contributed by atoms with Crippen molar-refractivity contribution < 1.29 is 17.9 Å². The van der Waals surface area contributed by atoms with E-state index in [-0.39, 0.29) is 0 Å². The molecule has 1 heterocycles. The lowest BCUT2D eigenvalue weighted by atomic mass is 10.0. The molecule has 0 unspecified atom stereocenters. The minimum absolute atomic E-state index is 0.515. The van der Waals surface area contributed by atoms with Crippen LogP contribution in [0.4, 0.5) is 13.2 Å². The Balaban J connectivity index is 2.15. The number of ether oxygens (including phenoxy) is 1. The van der Waals surface area contributed by atoms with Crippen molar-refractivity contribution in [3.05, 3.63) is 29.3 Å². The maximum atomic E-state index is 12.2. The fourth-order valence-corrected chi connectivity index (χ4v) is 1.80. The van der Waals surface area contributed by atoms with E-state index in [9.17, 15) is 13.2 Å². The molecule has 0 fully saturated rings. The van der Waals surface area contributed by atoms with Crippen molar-refractivity contribution in [1.82, 2.24) is 0 Å². The van der Waals surface area contributed by atoms with E-state index in [1.807, 2.05) is 0 Å². The average Bonchev–Trinajstić information content (AvgIpc) is 2.61. The van der Waals surface area contributed by atoms with Crippen molar-refractivity contribution in [3.63, 3.8) is 0 Å². The molecule has 0 saturated carbocycles. The Labute approximate surface area is 91.2 Å². The molecular weight excluding hydrogens is 219 g/mol. The van der Waals surface area contributed by atoms with Crippen LogP contribution < -0.4 is 10.5 Å². The molecule has 2 nitrogen and oxygen atoms in total. The van der Waals surface area contributed by atoms with Crippen LogP contribution in [-0.4, -0.2) is 12.8 Å². The van der Waals surface area contributed by atoms with Crippen molar-refractivity contribution >= 4 is 0 Å². The van der Waals surface area contributed by atoms with Gasteiger partial charge in [-0.2, -0.15) is 13.2 Å². The van der Waals surface area contributed by atoms with Gasteiger partial charge in [0.1, 0.15) is 5.75 Å². The molecule has 1 aromatic rings. The van der Waals surface area contributed by atoms with Gasteiger partial charge in [-0.3, -0.25) is 0 Å².